The number of hydrogen-bond donors (Lipinski definition) is 2. The van der Waals surface area contributed by atoms with Gasteiger partial charge in [-0.05, 0) is 34.4 Å². The first kappa shape index (κ1) is 18.1. The zero-order chi connectivity index (χ0) is 18.1. The van der Waals surface area contributed by atoms with E-state index < -0.39 is 19.9 Å². The molecule has 0 fully saturated rings. The fraction of sp³-hybridized carbons (Fsp3) is 0.294. The molecule has 0 radical (unpaired) electrons. The van der Waals surface area contributed by atoms with Crippen LogP contribution in [0.25, 0.3) is 0 Å². The van der Waals surface area contributed by atoms with Crippen LogP contribution in [-0.2, 0) is 45.2 Å². The van der Waals surface area contributed by atoms with Crippen LogP contribution < -0.4 is 10.0 Å². The van der Waals surface area contributed by atoms with Gasteiger partial charge >= 0.3 is 0 Å². The molecular weight excluding hydrogens is 360 g/mol. The maximum Gasteiger partial charge on any atom is 0.240 e. The summed E-state index contributed by atoms with van der Waals surface area (Å²) in [5, 5.41) is 3.25. The minimum absolute atomic E-state index is 0.107. The highest BCUT2D eigenvalue weighted by Crippen LogP contribution is 2.18. The summed E-state index contributed by atoms with van der Waals surface area (Å²) in [5.41, 5.74) is 3.90. The number of benzene rings is 2. The SMILES string of the molecule is CS(=O)(=O)Cc1ccc(S(=O)(=O)NCc2ccc3c(c2)CNC3)cc1. The Morgan fingerprint density at radius 1 is 0.920 bits per heavy atom. The van der Waals surface area contributed by atoms with Crippen molar-refractivity contribution in [3.05, 3.63) is 64.7 Å². The monoisotopic (exact) mass is 380 g/mol. The number of sulfone groups is 1. The van der Waals surface area contributed by atoms with Crippen molar-refractivity contribution in [1.82, 2.24) is 10.0 Å². The molecule has 0 saturated heterocycles. The lowest BCUT2D eigenvalue weighted by molar-refractivity contribution is 0.581. The van der Waals surface area contributed by atoms with Gasteiger partial charge in [-0.1, -0.05) is 30.3 Å². The van der Waals surface area contributed by atoms with Crippen LogP contribution in [-0.4, -0.2) is 23.1 Å². The first-order valence-electron chi connectivity index (χ1n) is 7.81. The first-order valence-corrected chi connectivity index (χ1v) is 11.3. The van der Waals surface area contributed by atoms with E-state index in [1.807, 2.05) is 18.2 Å². The Morgan fingerprint density at radius 3 is 2.24 bits per heavy atom. The van der Waals surface area contributed by atoms with Crippen molar-refractivity contribution in [2.75, 3.05) is 6.26 Å². The highest BCUT2D eigenvalue weighted by atomic mass is 32.2. The molecule has 2 N–H and O–H groups in total. The number of fused-ring (bicyclic) bond motifs is 1. The Hall–Kier alpha value is -1.74. The van der Waals surface area contributed by atoms with Gasteiger partial charge in [-0.15, -0.1) is 0 Å². The molecule has 2 aromatic carbocycles. The van der Waals surface area contributed by atoms with E-state index in [1.165, 1.54) is 35.4 Å². The second kappa shape index (κ2) is 6.87. The highest BCUT2D eigenvalue weighted by molar-refractivity contribution is 7.90. The number of hydrogen-bond acceptors (Lipinski definition) is 5. The maximum absolute atomic E-state index is 12.4. The third-order valence-corrected chi connectivity index (χ3v) is 6.31. The number of rotatable bonds is 6. The molecular formula is C17H20N2O4S2. The zero-order valence-electron chi connectivity index (χ0n) is 13.8. The zero-order valence-corrected chi connectivity index (χ0v) is 15.5. The van der Waals surface area contributed by atoms with E-state index in [-0.39, 0.29) is 17.2 Å². The van der Waals surface area contributed by atoms with Crippen LogP contribution in [0.2, 0.25) is 0 Å². The van der Waals surface area contributed by atoms with Gasteiger partial charge in [0.25, 0.3) is 0 Å². The lowest BCUT2D eigenvalue weighted by Crippen LogP contribution is -2.23. The van der Waals surface area contributed by atoms with E-state index in [1.54, 1.807) is 0 Å². The minimum Gasteiger partial charge on any atom is -0.309 e. The average Bonchev–Trinajstić information content (AvgIpc) is 2.99. The maximum atomic E-state index is 12.4. The smallest absolute Gasteiger partial charge is 0.240 e. The van der Waals surface area contributed by atoms with Gasteiger partial charge in [0.05, 0.1) is 10.6 Å². The molecule has 0 unspecified atom stereocenters. The molecule has 134 valence electrons. The van der Waals surface area contributed by atoms with Gasteiger partial charge in [-0.3, -0.25) is 0 Å². The van der Waals surface area contributed by atoms with Crippen molar-refractivity contribution in [1.29, 1.82) is 0 Å². The summed E-state index contributed by atoms with van der Waals surface area (Å²) in [4.78, 5) is 0.118. The predicted molar refractivity (Wildman–Crippen MR) is 96.0 cm³/mol. The summed E-state index contributed by atoms with van der Waals surface area (Å²) in [6.45, 7) is 1.86. The molecule has 3 rings (SSSR count). The lowest BCUT2D eigenvalue weighted by atomic mass is 10.1. The molecule has 0 atom stereocenters. The van der Waals surface area contributed by atoms with Crippen molar-refractivity contribution in [3.63, 3.8) is 0 Å². The van der Waals surface area contributed by atoms with Crippen molar-refractivity contribution in [2.24, 2.45) is 0 Å². The quantitative estimate of drug-likeness (QED) is 0.788. The van der Waals surface area contributed by atoms with Gasteiger partial charge in [0.1, 0.15) is 0 Å². The van der Waals surface area contributed by atoms with Crippen LogP contribution in [0.5, 0.6) is 0 Å². The molecule has 1 aliphatic rings. The summed E-state index contributed by atoms with van der Waals surface area (Å²) in [5.74, 6) is -0.107. The largest absolute Gasteiger partial charge is 0.309 e. The normalized spacial score (nSPS) is 14.4. The van der Waals surface area contributed by atoms with Gasteiger partial charge in [-0.25, -0.2) is 21.6 Å². The van der Waals surface area contributed by atoms with Gasteiger partial charge in [0, 0.05) is 25.9 Å². The van der Waals surface area contributed by atoms with Crippen molar-refractivity contribution < 1.29 is 16.8 Å². The molecule has 0 bridgehead atoms. The van der Waals surface area contributed by atoms with E-state index >= 15 is 0 Å². The summed E-state index contributed by atoms with van der Waals surface area (Å²) < 4.78 is 49.9. The van der Waals surface area contributed by atoms with Crippen LogP contribution >= 0.6 is 0 Å². The van der Waals surface area contributed by atoms with Gasteiger partial charge < -0.3 is 5.32 Å². The highest BCUT2D eigenvalue weighted by Gasteiger charge is 2.15. The molecule has 0 saturated carbocycles. The van der Waals surface area contributed by atoms with Crippen LogP contribution in [0.3, 0.4) is 0 Å². The molecule has 1 heterocycles. The molecule has 0 aromatic heterocycles. The Balaban J connectivity index is 1.69. The van der Waals surface area contributed by atoms with E-state index in [0.29, 0.717) is 5.56 Å². The fourth-order valence-corrected chi connectivity index (χ4v) is 4.60. The standard InChI is InChI=1S/C17H20N2O4S2/c1-24(20,21)12-13-3-6-17(7-4-13)25(22,23)19-9-14-2-5-15-10-18-11-16(15)8-14/h2-8,18-19H,9-12H2,1H3. The third-order valence-electron chi connectivity index (χ3n) is 4.03. The Kier molecular flexibility index (Phi) is 4.97. The van der Waals surface area contributed by atoms with Crippen LogP contribution in [0, 0.1) is 0 Å². The number of nitrogens with one attached hydrogen (secondary N) is 2. The van der Waals surface area contributed by atoms with Gasteiger partial charge in [0.15, 0.2) is 9.84 Å². The molecule has 8 heteroatoms. The molecule has 0 spiro atoms. The minimum atomic E-state index is -3.65. The van der Waals surface area contributed by atoms with E-state index in [0.717, 1.165) is 24.9 Å². The molecule has 0 amide bonds. The van der Waals surface area contributed by atoms with Crippen LogP contribution in [0.1, 0.15) is 22.3 Å². The fourth-order valence-electron chi connectivity index (χ4n) is 2.79. The van der Waals surface area contributed by atoms with Gasteiger partial charge in [-0.2, -0.15) is 0 Å². The topological polar surface area (TPSA) is 92.3 Å². The predicted octanol–water partition coefficient (Wildman–Crippen LogP) is 1.31. The summed E-state index contributed by atoms with van der Waals surface area (Å²) in [6.07, 6.45) is 1.14. The second-order valence-corrected chi connectivity index (χ2v) is 10.2. The van der Waals surface area contributed by atoms with E-state index in [4.69, 9.17) is 0 Å². The van der Waals surface area contributed by atoms with Crippen molar-refractivity contribution in [3.8, 4) is 0 Å². The van der Waals surface area contributed by atoms with Crippen molar-refractivity contribution >= 4 is 19.9 Å². The Morgan fingerprint density at radius 2 is 1.56 bits per heavy atom. The van der Waals surface area contributed by atoms with E-state index in [9.17, 15) is 16.8 Å². The van der Waals surface area contributed by atoms with Gasteiger partial charge in [0.2, 0.25) is 10.0 Å². The van der Waals surface area contributed by atoms with E-state index in [2.05, 4.69) is 10.0 Å². The lowest BCUT2D eigenvalue weighted by Gasteiger charge is -2.09. The van der Waals surface area contributed by atoms with Crippen LogP contribution in [0.4, 0.5) is 0 Å². The molecule has 2 aromatic rings. The Labute approximate surface area is 148 Å². The molecule has 6 nitrogen and oxygen atoms in total. The average molecular weight is 380 g/mol. The summed E-state index contributed by atoms with van der Waals surface area (Å²) in [7, 11) is -6.80. The summed E-state index contributed by atoms with van der Waals surface area (Å²) >= 11 is 0. The first-order chi connectivity index (χ1) is 11.7. The molecule has 1 aliphatic heterocycles. The molecule has 0 aliphatic carbocycles. The van der Waals surface area contributed by atoms with Crippen molar-refractivity contribution in [2.45, 2.75) is 30.3 Å². The second-order valence-electron chi connectivity index (χ2n) is 6.25. The van der Waals surface area contributed by atoms with Crippen LogP contribution in [0.15, 0.2) is 47.4 Å². The third kappa shape index (κ3) is 4.66. The Bertz CT molecular complexity index is 982. The molecule has 25 heavy (non-hydrogen) atoms. The summed E-state index contributed by atoms with van der Waals surface area (Å²) in [6, 6.07) is 11.8. The number of sulfonamides is 1.